The van der Waals surface area contributed by atoms with E-state index < -0.39 is 0 Å². The summed E-state index contributed by atoms with van der Waals surface area (Å²) >= 11 is 8.92. The van der Waals surface area contributed by atoms with E-state index in [1.165, 1.54) is 83.5 Å². The topological polar surface area (TPSA) is 0 Å². The molecule has 0 aromatic carbocycles. The van der Waals surface area contributed by atoms with E-state index in [2.05, 4.69) is 32.2 Å². The SMILES string of the molecule is CCCCCCCCCCC(S)CCCCCS. The molecule has 18 heavy (non-hydrogen) atoms. The van der Waals surface area contributed by atoms with Crippen LogP contribution in [0.3, 0.4) is 0 Å². The Morgan fingerprint density at radius 2 is 1.11 bits per heavy atom. The molecule has 0 aromatic rings. The summed E-state index contributed by atoms with van der Waals surface area (Å²) in [5, 5.41) is 0.644. The third kappa shape index (κ3) is 14.8. The Bertz CT molecular complexity index is 148. The summed E-state index contributed by atoms with van der Waals surface area (Å²) in [4.78, 5) is 0. The number of rotatable bonds is 14. The Balaban J connectivity index is 3.08. The number of hydrogen-bond donors (Lipinski definition) is 2. The van der Waals surface area contributed by atoms with Crippen LogP contribution in [0.15, 0.2) is 0 Å². The summed E-state index contributed by atoms with van der Waals surface area (Å²) in [7, 11) is 0. The lowest BCUT2D eigenvalue weighted by atomic mass is 10.0. The van der Waals surface area contributed by atoms with Crippen molar-refractivity contribution in [2.45, 2.75) is 95.6 Å². The fraction of sp³-hybridized carbons (Fsp3) is 1.00. The molecule has 2 heteroatoms. The van der Waals surface area contributed by atoms with Crippen LogP contribution in [-0.4, -0.2) is 11.0 Å². The molecule has 0 aliphatic heterocycles. The molecule has 0 N–H and O–H groups in total. The van der Waals surface area contributed by atoms with Gasteiger partial charge in [-0.1, -0.05) is 71.1 Å². The molecule has 0 aliphatic rings. The average Bonchev–Trinajstić information content (AvgIpc) is 2.38. The highest BCUT2D eigenvalue weighted by Gasteiger charge is 2.02. The molecule has 1 atom stereocenters. The van der Waals surface area contributed by atoms with Gasteiger partial charge in [-0.15, -0.1) is 0 Å². The summed E-state index contributed by atoms with van der Waals surface area (Å²) in [5.41, 5.74) is 0. The molecule has 110 valence electrons. The lowest BCUT2D eigenvalue weighted by Gasteiger charge is -2.10. The van der Waals surface area contributed by atoms with Gasteiger partial charge in [0.15, 0.2) is 0 Å². The maximum atomic E-state index is 4.68. The third-order valence-corrected chi connectivity index (χ3v) is 4.42. The lowest BCUT2D eigenvalue weighted by Crippen LogP contribution is -1.98. The molecule has 0 bridgehead atoms. The van der Waals surface area contributed by atoms with Gasteiger partial charge >= 0.3 is 0 Å². The van der Waals surface area contributed by atoms with Crippen molar-refractivity contribution in [3.8, 4) is 0 Å². The van der Waals surface area contributed by atoms with Gasteiger partial charge in [0.05, 0.1) is 0 Å². The van der Waals surface area contributed by atoms with Crippen LogP contribution in [0.1, 0.15) is 90.4 Å². The second-order valence-corrected chi connectivity index (χ2v) is 6.67. The minimum Gasteiger partial charge on any atom is -0.179 e. The van der Waals surface area contributed by atoms with Gasteiger partial charge in [-0.2, -0.15) is 25.3 Å². The van der Waals surface area contributed by atoms with Gasteiger partial charge < -0.3 is 0 Å². The standard InChI is InChI=1S/C16H34S2/c1-2-3-4-5-6-7-8-10-13-16(18)14-11-9-12-15-17/h16-18H,2-15H2,1H3. The van der Waals surface area contributed by atoms with Crippen LogP contribution in [0.4, 0.5) is 0 Å². The van der Waals surface area contributed by atoms with Crippen LogP contribution in [0.25, 0.3) is 0 Å². The summed E-state index contributed by atoms with van der Waals surface area (Å²) < 4.78 is 0. The lowest BCUT2D eigenvalue weighted by molar-refractivity contribution is 0.546. The van der Waals surface area contributed by atoms with E-state index in [0.717, 1.165) is 5.75 Å². The molecule has 0 spiro atoms. The molecule has 0 aliphatic carbocycles. The zero-order valence-corrected chi connectivity index (χ0v) is 14.2. The van der Waals surface area contributed by atoms with Gasteiger partial charge in [-0.3, -0.25) is 0 Å². The van der Waals surface area contributed by atoms with E-state index in [1.54, 1.807) is 0 Å². The van der Waals surface area contributed by atoms with Gasteiger partial charge in [0, 0.05) is 5.25 Å². The summed E-state index contributed by atoms with van der Waals surface area (Å²) in [6, 6.07) is 0. The Hall–Kier alpha value is 0.700. The highest BCUT2D eigenvalue weighted by atomic mass is 32.1. The van der Waals surface area contributed by atoms with Crippen molar-refractivity contribution in [2.75, 3.05) is 5.75 Å². The van der Waals surface area contributed by atoms with E-state index in [1.807, 2.05) is 0 Å². The van der Waals surface area contributed by atoms with Gasteiger partial charge in [0.25, 0.3) is 0 Å². The fourth-order valence-corrected chi connectivity index (χ4v) is 2.92. The van der Waals surface area contributed by atoms with Gasteiger partial charge in [-0.25, -0.2) is 0 Å². The van der Waals surface area contributed by atoms with Crippen LogP contribution >= 0.6 is 25.3 Å². The van der Waals surface area contributed by atoms with Crippen LogP contribution < -0.4 is 0 Å². The predicted octanol–water partition coefficient (Wildman–Crippen LogP) is 6.31. The van der Waals surface area contributed by atoms with E-state index in [-0.39, 0.29) is 0 Å². The molecular weight excluding hydrogens is 256 g/mol. The van der Waals surface area contributed by atoms with E-state index in [0.29, 0.717) is 5.25 Å². The predicted molar refractivity (Wildman–Crippen MR) is 92.3 cm³/mol. The van der Waals surface area contributed by atoms with Crippen LogP contribution in [0, 0.1) is 0 Å². The van der Waals surface area contributed by atoms with Crippen molar-refractivity contribution in [1.82, 2.24) is 0 Å². The molecule has 0 aromatic heterocycles. The molecular formula is C16H34S2. The van der Waals surface area contributed by atoms with Crippen LogP contribution in [-0.2, 0) is 0 Å². The molecule has 0 fully saturated rings. The molecule has 1 unspecified atom stereocenters. The Kier molecular flexibility index (Phi) is 16.4. The van der Waals surface area contributed by atoms with Gasteiger partial charge in [0.1, 0.15) is 0 Å². The Morgan fingerprint density at radius 3 is 1.61 bits per heavy atom. The zero-order valence-electron chi connectivity index (χ0n) is 12.4. The van der Waals surface area contributed by atoms with Crippen molar-refractivity contribution in [1.29, 1.82) is 0 Å². The number of unbranched alkanes of at least 4 members (excludes halogenated alkanes) is 9. The molecule has 0 saturated heterocycles. The minimum atomic E-state index is 0.644. The van der Waals surface area contributed by atoms with Crippen LogP contribution in [0.5, 0.6) is 0 Å². The monoisotopic (exact) mass is 290 g/mol. The molecule has 0 rings (SSSR count). The first-order valence-corrected chi connectivity index (χ1v) is 9.25. The summed E-state index contributed by atoms with van der Waals surface area (Å²) in [5.74, 6) is 1.04. The average molecular weight is 291 g/mol. The molecule has 0 nitrogen and oxygen atoms in total. The second kappa shape index (κ2) is 15.8. The van der Waals surface area contributed by atoms with Crippen molar-refractivity contribution < 1.29 is 0 Å². The van der Waals surface area contributed by atoms with Crippen molar-refractivity contribution >= 4 is 25.3 Å². The smallest absolute Gasteiger partial charge is 0.00168 e. The van der Waals surface area contributed by atoms with Gasteiger partial charge in [-0.05, 0) is 25.0 Å². The van der Waals surface area contributed by atoms with Crippen molar-refractivity contribution in [3.63, 3.8) is 0 Å². The third-order valence-electron chi connectivity index (χ3n) is 3.59. The maximum Gasteiger partial charge on any atom is 0.00168 e. The first-order chi connectivity index (χ1) is 8.81. The molecule has 0 radical (unpaired) electrons. The molecule has 0 saturated carbocycles. The fourth-order valence-electron chi connectivity index (χ4n) is 2.33. The van der Waals surface area contributed by atoms with Crippen molar-refractivity contribution in [2.24, 2.45) is 0 Å². The maximum absolute atomic E-state index is 4.68. The minimum absolute atomic E-state index is 0.644. The summed E-state index contributed by atoms with van der Waals surface area (Å²) in [6.07, 6.45) is 17.9. The Morgan fingerprint density at radius 1 is 0.667 bits per heavy atom. The quantitative estimate of drug-likeness (QED) is 0.272. The highest BCUT2D eigenvalue weighted by molar-refractivity contribution is 7.81. The zero-order chi connectivity index (χ0) is 13.5. The summed E-state index contributed by atoms with van der Waals surface area (Å²) in [6.45, 7) is 2.28. The number of thiol groups is 2. The largest absolute Gasteiger partial charge is 0.179 e. The van der Waals surface area contributed by atoms with Crippen molar-refractivity contribution in [3.05, 3.63) is 0 Å². The van der Waals surface area contributed by atoms with E-state index >= 15 is 0 Å². The first-order valence-electron chi connectivity index (χ1n) is 8.10. The molecule has 0 amide bonds. The van der Waals surface area contributed by atoms with Gasteiger partial charge in [0.2, 0.25) is 0 Å². The van der Waals surface area contributed by atoms with E-state index in [9.17, 15) is 0 Å². The normalized spacial score (nSPS) is 12.8. The highest BCUT2D eigenvalue weighted by Crippen LogP contribution is 2.17. The number of hydrogen-bond acceptors (Lipinski definition) is 2. The second-order valence-electron chi connectivity index (χ2n) is 5.49. The Labute approximate surface area is 127 Å². The molecule has 0 heterocycles. The van der Waals surface area contributed by atoms with Crippen LogP contribution in [0.2, 0.25) is 0 Å². The van der Waals surface area contributed by atoms with E-state index in [4.69, 9.17) is 0 Å². The first kappa shape index (κ1) is 18.7.